The normalized spacial score (nSPS) is 19.6. The number of hydrogen-bond acceptors (Lipinski definition) is 4. The van der Waals surface area contributed by atoms with Crippen molar-refractivity contribution in [2.45, 2.75) is 59.0 Å². The van der Waals surface area contributed by atoms with Crippen molar-refractivity contribution in [1.82, 2.24) is 15.3 Å². The number of hydrogen-bond donors (Lipinski definition) is 1. The second-order valence-electron chi connectivity index (χ2n) is 6.14. The zero-order valence-corrected chi connectivity index (χ0v) is 13.1. The first-order chi connectivity index (χ1) is 9.70. The van der Waals surface area contributed by atoms with E-state index in [2.05, 4.69) is 41.0 Å². The second-order valence-corrected chi connectivity index (χ2v) is 6.14. The molecule has 0 amide bonds. The maximum absolute atomic E-state index is 4.62. The van der Waals surface area contributed by atoms with E-state index in [1.807, 2.05) is 12.4 Å². The van der Waals surface area contributed by atoms with Gasteiger partial charge in [-0.1, -0.05) is 20.8 Å². The summed E-state index contributed by atoms with van der Waals surface area (Å²) in [6.45, 7) is 9.64. The van der Waals surface area contributed by atoms with Crippen molar-refractivity contribution in [2.75, 3.05) is 18.0 Å². The van der Waals surface area contributed by atoms with Crippen molar-refractivity contribution in [3.05, 3.63) is 18.1 Å². The molecule has 0 saturated carbocycles. The van der Waals surface area contributed by atoms with E-state index in [1.165, 1.54) is 25.7 Å². The topological polar surface area (TPSA) is 41.1 Å². The van der Waals surface area contributed by atoms with Crippen molar-refractivity contribution < 1.29 is 0 Å². The van der Waals surface area contributed by atoms with E-state index in [-0.39, 0.29) is 0 Å². The number of anilines is 1. The van der Waals surface area contributed by atoms with Gasteiger partial charge in [-0.05, 0) is 38.1 Å². The maximum Gasteiger partial charge on any atom is 0.147 e. The van der Waals surface area contributed by atoms with E-state index in [1.54, 1.807) is 0 Å². The molecule has 20 heavy (non-hydrogen) atoms. The molecule has 1 saturated heterocycles. The molecule has 0 radical (unpaired) electrons. The van der Waals surface area contributed by atoms with Crippen LogP contribution in [0.1, 0.15) is 52.1 Å². The zero-order valence-electron chi connectivity index (χ0n) is 13.1. The first-order valence-electron chi connectivity index (χ1n) is 7.99. The van der Waals surface area contributed by atoms with Crippen molar-refractivity contribution in [3.63, 3.8) is 0 Å². The van der Waals surface area contributed by atoms with Gasteiger partial charge in [0, 0.05) is 19.1 Å². The van der Waals surface area contributed by atoms with Crippen LogP contribution in [0.4, 0.5) is 5.82 Å². The lowest BCUT2D eigenvalue weighted by Crippen LogP contribution is -2.39. The van der Waals surface area contributed by atoms with Crippen molar-refractivity contribution >= 4 is 5.82 Å². The van der Waals surface area contributed by atoms with Crippen molar-refractivity contribution in [3.8, 4) is 0 Å². The Morgan fingerprint density at radius 3 is 2.80 bits per heavy atom. The predicted molar refractivity (Wildman–Crippen MR) is 83.9 cm³/mol. The molecule has 2 heterocycles. The summed E-state index contributed by atoms with van der Waals surface area (Å²) in [5, 5.41) is 3.40. The lowest BCUT2D eigenvalue weighted by Gasteiger charge is -2.36. The Morgan fingerprint density at radius 2 is 2.15 bits per heavy atom. The van der Waals surface area contributed by atoms with Crippen LogP contribution in [0.15, 0.2) is 12.4 Å². The molecule has 1 N–H and O–H groups in total. The van der Waals surface area contributed by atoms with Crippen LogP contribution in [0.3, 0.4) is 0 Å². The molecule has 1 atom stereocenters. The number of nitrogens with one attached hydrogen (secondary N) is 1. The summed E-state index contributed by atoms with van der Waals surface area (Å²) in [6.07, 6.45) is 8.97. The van der Waals surface area contributed by atoms with E-state index >= 15 is 0 Å². The Hall–Kier alpha value is -1.16. The van der Waals surface area contributed by atoms with Gasteiger partial charge in [-0.15, -0.1) is 0 Å². The highest BCUT2D eigenvalue weighted by atomic mass is 15.2. The number of nitrogens with zero attached hydrogens (tertiary/aromatic N) is 3. The van der Waals surface area contributed by atoms with Crippen molar-refractivity contribution in [2.24, 2.45) is 5.92 Å². The predicted octanol–water partition coefficient (Wildman–Crippen LogP) is 2.99. The fourth-order valence-corrected chi connectivity index (χ4v) is 2.80. The summed E-state index contributed by atoms with van der Waals surface area (Å²) in [6, 6.07) is 0.642. The first kappa shape index (κ1) is 15.2. The van der Waals surface area contributed by atoms with Crippen LogP contribution < -0.4 is 10.2 Å². The number of rotatable bonds is 6. The van der Waals surface area contributed by atoms with Gasteiger partial charge in [-0.25, -0.2) is 4.98 Å². The van der Waals surface area contributed by atoms with Crippen LogP contribution in [0.2, 0.25) is 0 Å². The van der Waals surface area contributed by atoms with Crippen LogP contribution in [0.5, 0.6) is 0 Å². The van der Waals surface area contributed by atoms with Gasteiger partial charge in [-0.2, -0.15) is 0 Å². The molecule has 1 aromatic heterocycles. The quantitative estimate of drug-likeness (QED) is 0.867. The van der Waals surface area contributed by atoms with Crippen LogP contribution in [0.25, 0.3) is 0 Å². The Kier molecular flexibility index (Phi) is 5.77. The summed E-state index contributed by atoms with van der Waals surface area (Å²) in [4.78, 5) is 11.6. The molecule has 1 aliphatic heterocycles. The third-order valence-electron chi connectivity index (χ3n) is 3.94. The average Bonchev–Trinajstić information content (AvgIpc) is 2.47. The Balaban J connectivity index is 1.93. The summed E-state index contributed by atoms with van der Waals surface area (Å²) < 4.78 is 0. The Labute approximate surface area is 123 Å². The highest BCUT2D eigenvalue weighted by Crippen LogP contribution is 2.24. The fraction of sp³-hybridized carbons (Fsp3) is 0.750. The molecule has 0 aromatic carbocycles. The first-order valence-corrected chi connectivity index (χ1v) is 7.99. The highest BCUT2D eigenvalue weighted by Gasteiger charge is 2.21. The third-order valence-corrected chi connectivity index (χ3v) is 3.94. The average molecular weight is 276 g/mol. The van der Waals surface area contributed by atoms with E-state index in [0.29, 0.717) is 12.0 Å². The van der Waals surface area contributed by atoms with Gasteiger partial charge >= 0.3 is 0 Å². The molecular formula is C16H28N4. The van der Waals surface area contributed by atoms with Crippen LogP contribution in [-0.2, 0) is 6.54 Å². The molecule has 0 aliphatic carbocycles. The molecule has 4 heteroatoms. The lowest BCUT2D eigenvalue weighted by molar-refractivity contribution is 0.446. The SMILES string of the molecule is CCC1CCCCN1c1cnc(CNCC(C)C)cn1. The number of piperidine rings is 1. The summed E-state index contributed by atoms with van der Waals surface area (Å²) in [5.74, 6) is 1.71. The van der Waals surface area contributed by atoms with Crippen molar-refractivity contribution in [1.29, 1.82) is 0 Å². The molecule has 1 fully saturated rings. The minimum Gasteiger partial charge on any atom is -0.352 e. The molecule has 1 aromatic rings. The molecule has 2 rings (SSSR count). The summed E-state index contributed by atoms with van der Waals surface area (Å²) in [5.41, 5.74) is 1.03. The van der Waals surface area contributed by atoms with Gasteiger partial charge in [0.2, 0.25) is 0 Å². The smallest absolute Gasteiger partial charge is 0.147 e. The molecule has 1 aliphatic rings. The van der Waals surface area contributed by atoms with E-state index in [4.69, 9.17) is 0 Å². The van der Waals surface area contributed by atoms with E-state index < -0.39 is 0 Å². The van der Waals surface area contributed by atoms with Crippen LogP contribution >= 0.6 is 0 Å². The van der Waals surface area contributed by atoms with Crippen LogP contribution in [-0.4, -0.2) is 29.1 Å². The van der Waals surface area contributed by atoms with Gasteiger partial charge in [0.05, 0.1) is 18.1 Å². The summed E-state index contributed by atoms with van der Waals surface area (Å²) >= 11 is 0. The minimum atomic E-state index is 0.642. The number of aromatic nitrogens is 2. The molecule has 0 spiro atoms. The highest BCUT2D eigenvalue weighted by molar-refractivity contribution is 5.37. The fourth-order valence-electron chi connectivity index (χ4n) is 2.80. The van der Waals surface area contributed by atoms with Gasteiger partial charge in [0.15, 0.2) is 0 Å². The zero-order chi connectivity index (χ0) is 14.4. The maximum atomic E-state index is 4.62. The minimum absolute atomic E-state index is 0.642. The Bertz CT molecular complexity index is 388. The molecule has 4 nitrogen and oxygen atoms in total. The molecular weight excluding hydrogens is 248 g/mol. The van der Waals surface area contributed by atoms with E-state index in [0.717, 1.165) is 31.1 Å². The van der Waals surface area contributed by atoms with Gasteiger partial charge in [0.1, 0.15) is 5.82 Å². The molecule has 112 valence electrons. The Morgan fingerprint density at radius 1 is 1.30 bits per heavy atom. The third kappa shape index (κ3) is 4.17. The van der Waals surface area contributed by atoms with Gasteiger partial charge in [0.25, 0.3) is 0 Å². The largest absolute Gasteiger partial charge is 0.352 e. The molecule has 1 unspecified atom stereocenters. The monoisotopic (exact) mass is 276 g/mol. The standard InChI is InChI=1S/C16H28N4/c1-4-15-7-5-6-8-20(15)16-12-18-14(11-19-16)10-17-9-13(2)3/h11-13,15,17H,4-10H2,1-3H3. The van der Waals surface area contributed by atoms with Gasteiger partial charge < -0.3 is 10.2 Å². The summed E-state index contributed by atoms with van der Waals surface area (Å²) in [7, 11) is 0. The molecule has 0 bridgehead atoms. The second kappa shape index (κ2) is 7.58. The van der Waals surface area contributed by atoms with Crippen LogP contribution in [0, 0.1) is 5.92 Å². The van der Waals surface area contributed by atoms with E-state index in [9.17, 15) is 0 Å². The van der Waals surface area contributed by atoms with Gasteiger partial charge in [-0.3, -0.25) is 4.98 Å². The lowest BCUT2D eigenvalue weighted by atomic mass is 10.0.